The van der Waals surface area contributed by atoms with Crippen LogP contribution in [0.2, 0.25) is 0 Å². The smallest absolute Gasteiger partial charge is 0.188 e. The van der Waals surface area contributed by atoms with E-state index in [1.807, 2.05) is 6.92 Å². The third-order valence-corrected chi connectivity index (χ3v) is 2.19. The van der Waals surface area contributed by atoms with Gasteiger partial charge in [-0.1, -0.05) is 6.08 Å². The monoisotopic (exact) mass is 234 g/mol. The Morgan fingerprint density at radius 1 is 1.35 bits per heavy atom. The molecule has 0 aliphatic heterocycles. The lowest BCUT2D eigenvalue weighted by Crippen LogP contribution is -2.09. The average molecular weight is 234 g/mol. The number of hydrogen-bond donors (Lipinski definition) is 0. The molecule has 0 spiro atoms. The molecule has 3 heteroatoms. The lowest BCUT2D eigenvalue weighted by molar-refractivity contribution is 0.0768. The highest BCUT2D eigenvalue weighted by atomic mass is 16.5. The van der Waals surface area contributed by atoms with Crippen LogP contribution in [0.15, 0.2) is 36.9 Å². The van der Waals surface area contributed by atoms with Gasteiger partial charge in [0.05, 0.1) is 13.2 Å². The van der Waals surface area contributed by atoms with Gasteiger partial charge in [-0.2, -0.15) is 0 Å². The molecule has 0 N–H and O–H groups in total. The molecule has 92 valence electrons. The van der Waals surface area contributed by atoms with Crippen LogP contribution in [0.3, 0.4) is 0 Å². The van der Waals surface area contributed by atoms with Crippen molar-refractivity contribution in [1.29, 1.82) is 0 Å². The van der Waals surface area contributed by atoms with E-state index in [0.29, 0.717) is 18.8 Å². The van der Waals surface area contributed by atoms with Gasteiger partial charge in [-0.25, -0.2) is 0 Å². The number of Topliss-reactive ketones (excluding diaryl/α,β-unsaturated/α-hetero) is 1. The highest BCUT2D eigenvalue weighted by Crippen LogP contribution is 2.12. The molecule has 0 heterocycles. The summed E-state index contributed by atoms with van der Waals surface area (Å²) < 4.78 is 10.5. The number of carbonyl (C=O) groups is 1. The van der Waals surface area contributed by atoms with E-state index in [0.717, 1.165) is 12.2 Å². The van der Waals surface area contributed by atoms with Gasteiger partial charge in [0.25, 0.3) is 0 Å². The van der Waals surface area contributed by atoms with Crippen molar-refractivity contribution in [3.05, 3.63) is 42.5 Å². The molecule has 3 nitrogen and oxygen atoms in total. The lowest BCUT2D eigenvalue weighted by Gasteiger charge is -2.05. The molecular weight excluding hydrogens is 216 g/mol. The Labute approximate surface area is 102 Å². The molecule has 0 amide bonds. The second-order valence-electron chi connectivity index (χ2n) is 3.51. The number of ether oxygens (including phenoxy) is 2. The molecule has 0 unspecified atom stereocenters. The Kier molecular flexibility index (Phi) is 6.04. The molecule has 0 aromatic heterocycles. The fraction of sp³-hybridized carbons (Fsp3) is 0.357. The number of rotatable bonds is 8. The van der Waals surface area contributed by atoms with Crippen molar-refractivity contribution in [1.82, 2.24) is 0 Å². The first-order valence-corrected chi connectivity index (χ1v) is 5.72. The van der Waals surface area contributed by atoms with Crippen molar-refractivity contribution < 1.29 is 14.3 Å². The van der Waals surface area contributed by atoms with Gasteiger partial charge in [0.2, 0.25) is 0 Å². The maximum atomic E-state index is 11.7. The van der Waals surface area contributed by atoms with E-state index in [-0.39, 0.29) is 12.4 Å². The molecule has 0 radical (unpaired) electrons. The Balaban J connectivity index is 2.43. The summed E-state index contributed by atoms with van der Waals surface area (Å²) in [5.41, 5.74) is 0.645. The van der Waals surface area contributed by atoms with Gasteiger partial charge < -0.3 is 9.47 Å². The second-order valence-corrected chi connectivity index (χ2v) is 3.51. The van der Waals surface area contributed by atoms with Crippen LogP contribution in [0.1, 0.15) is 23.7 Å². The van der Waals surface area contributed by atoms with Gasteiger partial charge in [0, 0.05) is 5.56 Å². The van der Waals surface area contributed by atoms with Gasteiger partial charge in [0.15, 0.2) is 5.78 Å². The Morgan fingerprint density at radius 3 is 2.65 bits per heavy atom. The zero-order valence-electron chi connectivity index (χ0n) is 10.1. The summed E-state index contributed by atoms with van der Waals surface area (Å²) in [6, 6.07) is 7.09. The van der Waals surface area contributed by atoms with Gasteiger partial charge >= 0.3 is 0 Å². The molecule has 0 saturated heterocycles. The lowest BCUT2D eigenvalue weighted by atomic mass is 10.1. The summed E-state index contributed by atoms with van der Waals surface area (Å²) in [6.07, 6.45) is 2.53. The largest absolute Gasteiger partial charge is 0.494 e. The summed E-state index contributed by atoms with van der Waals surface area (Å²) >= 11 is 0. The van der Waals surface area contributed by atoms with E-state index >= 15 is 0 Å². The molecule has 0 fully saturated rings. The summed E-state index contributed by atoms with van der Waals surface area (Å²) in [4.78, 5) is 11.7. The van der Waals surface area contributed by atoms with Crippen molar-refractivity contribution in [2.45, 2.75) is 13.3 Å². The molecule has 1 aromatic rings. The predicted octanol–water partition coefficient (Wildman–Crippen LogP) is 2.86. The van der Waals surface area contributed by atoms with Crippen molar-refractivity contribution >= 4 is 5.78 Å². The minimum Gasteiger partial charge on any atom is -0.494 e. The van der Waals surface area contributed by atoms with Gasteiger partial charge in [-0.15, -0.1) is 6.58 Å². The first kappa shape index (κ1) is 13.5. The number of benzene rings is 1. The molecule has 1 aromatic carbocycles. The van der Waals surface area contributed by atoms with Crippen molar-refractivity contribution in [3.8, 4) is 5.75 Å². The van der Waals surface area contributed by atoms with Crippen LogP contribution < -0.4 is 4.74 Å². The van der Waals surface area contributed by atoms with Crippen molar-refractivity contribution in [2.75, 3.05) is 19.8 Å². The van der Waals surface area contributed by atoms with Crippen LogP contribution in [0, 0.1) is 0 Å². The fourth-order valence-electron chi connectivity index (χ4n) is 1.32. The molecule has 0 aliphatic rings. The van der Waals surface area contributed by atoms with Crippen LogP contribution in [-0.4, -0.2) is 25.6 Å². The first-order valence-electron chi connectivity index (χ1n) is 5.72. The summed E-state index contributed by atoms with van der Waals surface area (Å²) in [7, 11) is 0. The average Bonchev–Trinajstić information content (AvgIpc) is 2.36. The van der Waals surface area contributed by atoms with Crippen LogP contribution in [0.5, 0.6) is 5.75 Å². The fourth-order valence-corrected chi connectivity index (χ4v) is 1.32. The molecular formula is C14H18O3. The van der Waals surface area contributed by atoms with Crippen molar-refractivity contribution in [2.24, 2.45) is 0 Å². The third kappa shape index (κ3) is 4.83. The van der Waals surface area contributed by atoms with E-state index in [9.17, 15) is 4.79 Å². The Hall–Kier alpha value is -1.61. The maximum absolute atomic E-state index is 11.7. The number of carbonyl (C=O) groups excluding carboxylic acids is 1. The zero-order valence-corrected chi connectivity index (χ0v) is 10.1. The highest BCUT2D eigenvalue weighted by molar-refractivity contribution is 5.97. The van der Waals surface area contributed by atoms with Crippen LogP contribution >= 0.6 is 0 Å². The van der Waals surface area contributed by atoms with Gasteiger partial charge in [0.1, 0.15) is 12.4 Å². The quantitative estimate of drug-likeness (QED) is 0.394. The zero-order chi connectivity index (χ0) is 12.5. The minimum atomic E-state index is -0.0166. The highest BCUT2D eigenvalue weighted by Gasteiger charge is 2.05. The van der Waals surface area contributed by atoms with Gasteiger partial charge in [-0.3, -0.25) is 4.79 Å². The second kappa shape index (κ2) is 7.63. The SMILES string of the molecule is C=CCCOCC(=O)c1ccc(OCC)cc1. The van der Waals surface area contributed by atoms with E-state index in [1.165, 1.54) is 0 Å². The summed E-state index contributed by atoms with van der Waals surface area (Å²) in [5.74, 6) is 0.758. The maximum Gasteiger partial charge on any atom is 0.188 e. The number of hydrogen-bond acceptors (Lipinski definition) is 3. The van der Waals surface area contributed by atoms with Crippen LogP contribution in [0.25, 0.3) is 0 Å². The van der Waals surface area contributed by atoms with Gasteiger partial charge in [-0.05, 0) is 37.6 Å². The van der Waals surface area contributed by atoms with Crippen LogP contribution in [0.4, 0.5) is 0 Å². The molecule has 17 heavy (non-hydrogen) atoms. The Bertz CT molecular complexity index is 354. The van der Waals surface area contributed by atoms with E-state index in [2.05, 4.69) is 6.58 Å². The van der Waals surface area contributed by atoms with E-state index < -0.39 is 0 Å². The molecule has 0 atom stereocenters. The minimum absolute atomic E-state index is 0.0166. The van der Waals surface area contributed by atoms with E-state index in [4.69, 9.17) is 9.47 Å². The van der Waals surface area contributed by atoms with E-state index in [1.54, 1.807) is 30.3 Å². The topological polar surface area (TPSA) is 35.5 Å². The standard InChI is InChI=1S/C14H18O3/c1-3-5-10-16-11-14(15)12-6-8-13(9-7-12)17-4-2/h3,6-9H,1,4-5,10-11H2,2H3. The molecule has 0 bridgehead atoms. The Morgan fingerprint density at radius 2 is 2.06 bits per heavy atom. The molecule has 0 saturated carbocycles. The molecule has 0 aliphatic carbocycles. The van der Waals surface area contributed by atoms with Crippen LogP contribution in [-0.2, 0) is 4.74 Å². The third-order valence-electron chi connectivity index (χ3n) is 2.19. The summed E-state index contributed by atoms with van der Waals surface area (Å²) in [5, 5.41) is 0. The van der Waals surface area contributed by atoms with Crippen molar-refractivity contribution in [3.63, 3.8) is 0 Å². The normalized spacial score (nSPS) is 9.94. The predicted molar refractivity (Wildman–Crippen MR) is 67.6 cm³/mol. The summed E-state index contributed by atoms with van der Waals surface area (Å²) in [6.45, 7) is 6.78. The number of ketones is 1. The molecule has 1 rings (SSSR count). The first-order chi connectivity index (χ1) is 8.27.